The Balaban J connectivity index is 1.68. The molecule has 0 spiro atoms. The summed E-state index contributed by atoms with van der Waals surface area (Å²) in [7, 11) is 1.75. The van der Waals surface area contributed by atoms with E-state index in [0.717, 1.165) is 18.2 Å². The van der Waals surface area contributed by atoms with Crippen LogP contribution >= 0.6 is 12.2 Å². The van der Waals surface area contributed by atoms with Gasteiger partial charge in [-0.05, 0) is 25.1 Å². The lowest BCUT2D eigenvalue weighted by Gasteiger charge is -2.39. The Morgan fingerprint density at radius 2 is 2.17 bits per heavy atom. The monoisotopic (exact) mass is 186 g/mol. The van der Waals surface area contributed by atoms with Gasteiger partial charge in [0, 0.05) is 26.2 Å². The van der Waals surface area contributed by atoms with E-state index in [1.54, 1.807) is 7.11 Å². The van der Waals surface area contributed by atoms with Gasteiger partial charge in [0.2, 0.25) is 0 Å². The van der Waals surface area contributed by atoms with Gasteiger partial charge in [0.25, 0.3) is 0 Å². The molecule has 1 saturated carbocycles. The topological polar surface area (TPSA) is 24.5 Å². The van der Waals surface area contributed by atoms with E-state index in [2.05, 4.69) is 10.2 Å². The standard InChI is InChI=1S/C8H14N2OS/c1-11-7-4-10(5-7)8(12)9-6-2-3-6/h6-7H,2-5H2,1H3,(H,9,12). The minimum absolute atomic E-state index is 0.393. The number of nitrogens with one attached hydrogen (secondary N) is 1. The van der Waals surface area contributed by atoms with Crippen LogP contribution in [0.5, 0.6) is 0 Å². The molecular weight excluding hydrogens is 172 g/mol. The molecule has 0 amide bonds. The second-order valence-electron chi connectivity index (χ2n) is 3.49. The van der Waals surface area contributed by atoms with Gasteiger partial charge in [0.05, 0.1) is 6.10 Å². The van der Waals surface area contributed by atoms with Crippen LogP contribution in [0.15, 0.2) is 0 Å². The van der Waals surface area contributed by atoms with Crippen molar-refractivity contribution in [2.75, 3.05) is 20.2 Å². The molecular formula is C8H14N2OS. The SMILES string of the molecule is COC1CN(C(=S)NC2CC2)C1. The van der Waals surface area contributed by atoms with Gasteiger partial charge in [0.1, 0.15) is 0 Å². The van der Waals surface area contributed by atoms with Crippen LogP contribution in [0.3, 0.4) is 0 Å². The molecule has 0 unspecified atom stereocenters. The lowest BCUT2D eigenvalue weighted by Crippen LogP contribution is -2.57. The first kappa shape index (κ1) is 8.26. The maximum Gasteiger partial charge on any atom is 0.169 e. The van der Waals surface area contributed by atoms with Gasteiger partial charge in [-0.1, -0.05) is 0 Å². The minimum atomic E-state index is 0.393. The van der Waals surface area contributed by atoms with Crippen LogP contribution in [-0.2, 0) is 4.74 Å². The van der Waals surface area contributed by atoms with Crippen LogP contribution < -0.4 is 5.32 Å². The fourth-order valence-electron chi connectivity index (χ4n) is 1.25. The number of hydrogen-bond donors (Lipinski definition) is 1. The highest BCUT2D eigenvalue weighted by Gasteiger charge is 2.31. The van der Waals surface area contributed by atoms with Crippen LogP contribution in [-0.4, -0.2) is 42.4 Å². The van der Waals surface area contributed by atoms with Crippen molar-refractivity contribution in [1.82, 2.24) is 10.2 Å². The predicted molar refractivity (Wildman–Crippen MR) is 51.1 cm³/mol. The molecule has 2 aliphatic rings. The van der Waals surface area contributed by atoms with E-state index in [4.69, 9.17) is 17.0 Å². The normalized spacial score (nSPS) is 23.6. The number of ether oxygens (including phenoxy) is 1. The second kappa shape index (κ2) is 3.18. The van der Waals surface area contributed by atoms with Crippen LogP contribution in [0.4, 0.5) is 0 Å². The summed E-state index contributed by atoms with van der Waals surface area (Å²) in [6, 6.07) is 0.666. The zero-order valence-electron chi connectivity index (χ0n) is 7.25. The summed E-state index contributed by atoms with van der Waals surface area (Å²) in [5.74, 6) is 0. The molecule has 4 heteroatoms. The third-order valence-corrected chi connectivity index (χ3v) is 2.75. The van der Waals surface area contributed by atoms with E-state index in [1.807, 2.05) is 0 Å². The lowest BCUT2D eigenvalue weighted by atomic mass is 10.2. The third kappa shape index (κ3) is 1.69. The van der Waals surface area contributed by atoms with Gasteiger partial charge >= 0.3 is 0 Å². The molecule has 2 rings (SSSR count). The van der Waals surface area contributed by atoms with E-state index < -0.39 is 0 Å². The average molecular weight is 186 g/mol. The first-order chi connectivity index (χ1) is 5.79. The number of thiocarbonyl (C=S) groups is 1. The Morgan fingerprint density at radius 1 is 1.50 bits per heavy atom. The molecule has 3 nitrogen and oxygen atoms in total. The molecule has 0 aromatic carbocycles. The van der Waals surface area contributed by atoms with E-state index in [1.165, 1.54) is 12.8 Å². The summed E-state index contributed by atoms with van der Waals surface area (Å²) >= 11 is 5.20. The van der Waals surface area contributed by atoms with Crippen molar-refractivity contribution in [3.8, 4) is 0 Å². The lowest BCUT2D eigenvalue weighted by molar-refractivity contribution is 0.00544. The molecule has 12 heavy (non-hydrogen) atoms. The summed E-state index contributed by atoms with van der Waals surface area (Å²) in [5.41, 5.74) is 0. The van der Waals surface area contributed by atoms with Gasteiger partial charge in [-0.15, -0.1) is 0 Å². The van der Waals surface area contributed by atoms with Gasteiger partial charge in [-0.3, -0.25) is 0 Å². The highest BCUT2D eigenvalue weighted by atomic mass is 32.1. The van der Waals surface area contributed by atoms with Crippen LogP contribution in [0, 0.1) is 0 Å². The summed E-state index contributed by atoms with van der Waals surface area (Å²) in [6.07, 6.45) is 2.95. The zero-order valence-corrected chi connectivity index (χ0v) is 8.06. The van der Waals surface area contributed by atoms with Gasteiger partial charge in [-0.25, -0.2) is 0 Å². The smallest absolute Gasteiger partial charge is 0.169 e. The summed E-state index contributed by atoms with van der Waals surface area (Å²) in [6.45, 7) is 1.91. The van der Waals surface area contributed by atoms with Crippen molar-refractivity contribution in [2.24, 2.45) is 0 Å². The van der Waals surface area contributed by atoms with Crippen molar-refractivity contribution in [2.45, 2.75) is 25.0 Å². The Labute approximate surface area is 78.1 Å². The zero-order chi connectivity index (χ0) is 8.55. The fraction of sp³-hybridized carbons (Fsp3) is 0.875. The summed E-state index contributed by atoms with van der Waals surface area (Å²) in [4.78, 5) is 2.15. The van der Waals surface area contributed by atoms with Gasteiger partial charge in [-0.2, -0.15) is 0 Å². The number of likely N-dealkylation sites (tertiary alicyclic amines) is 1. The first-order valence-corrected chi connectivity index (χ1v) is 4.78. The van der Waals surface area contributed by atoms with E-state index >= 15 is 0 Å². The molecule has 1 aliphatic carbocycles. The van der Waals surface area contributed by atoms with Crippen molar-refractivity contribution in [3.63, 3.8) is 0 Å². The maximum atomic E-state index is 5.20. The molecule has 0 aromatic rings. The van der Waals surface area contributed by atoms with Crippen LogP contribution in [0.2, 0.25) is 0 Å². The first-order valence-electron chi connectivity index (χ1n) is 4.38. The van der Waals surface area contributed by atoms with Crippen molar-refractivity contribution >= 4 is 17.3 Å². The Bertz CT molecular complexity index is 187. The predicted octanol–water partition coefficient (Wildman–Crippen LogP) is 0.354. The molecule has 1 saturated heterocycles. The van der Waals surface area contributed by atoms with Crippen LogP contribution in [0.25, 0.3) is 0 Å². The Morgan fingerprint density at radius 3 is 2.67 bits per heavy atom. The van der Waals surface area contributed by atoms with Crippen LogP contribution in [0.1, 0.15) is 12.8 Å². The highest BCUT2D eigenvalue weighted by Crippen LogP contribution is 2.20. The average Bonchev–Trinajstić information content (AvgIpc) is 2.69. The fourth-order valence-corrected chi connectivity index (χ4v) is 1.56. The van der Waals surface area contributed by atoms with Crippen molar-refractivity contribution in [1.29, 1.82) is 0 Å². The number of methoxy groups -OCH3 is 1. The van der Waals surface area contributed by atoms with Gasteiger partial charge in [0.15, 0.2) is 5.11 Å². The number of rotatable bonds is 2. The molecule has 0 aromatic heterocycles. The van der Waals surface area contributed by atoms with Gasteiger partial charge < -0.3 is 15.0 Å². The molecule has 1 aliphatic heterocycles. The molecule has 0 bridgehead atoms. The minimum Gasteiger partial charge on any atom is -0.378 e. The highest BCUT2D eigenvalue weighted by molar-refractivity contribution is 7.80. The summed E-state index contributed by atoms with van der Waals surface area (Å²) < 4.78 is 5.16. The van der Waals surface area contributed by atoms with E-state index in [0.29, 0.717) is 12.1 Å². The molecule has 68 valence electrons. The largest absolute Gasteiger partial charge is 0.378 e. The Kier molecular flexibility index (Phi) is 2.19. The quantitative estimate of drug-likeness (QED) is 0.629. The summed E-state index contributed by atoms with van der Waals surface area (Å²) in [5, 5.41) is 4.21. The maximum absolute atomic E-state index is 5.20. The van der Waals surface area contributed by atoms with Crippen molar-refractivity contribution < 1.29 is 4.74 Å². The molecule has 1 heterocycles. The number of nitrogens with zero attached hydrogens (tertiary/aromatic N) is 1. The Hall–Kier alpha value is -0.350. The molecule has 0 radical (unpaired) electrons. The second-order valence-corrected chi connectivity index (χ2v) is 3.87. The molecule has 2 fully saturated rings. The third-order valence-electron chi connectivity index (χ3n) is 2.37. The number of hydrogen-bond acceptors (Lipinski definition) is 2. The van der Waals surface area contributed by atoms with Crippen molar-refractivity contribution in [3.05, 3.63) is 0 Å². The van der Waals surface area contributed by atoms with E-state index in [9.17, 15) is 0 Å². The molecule has 1 N–H and O–H groups in total. The molecule has 0 atom stereocenters. The van der Waals surface area contributed by atoms with E-state index in [-0.39, 0.29) is 0 Å².